The SMILES string of the molecule is COC(=O)c1ccc(N2C(=O)C(S)=C(S)C2=O)cc1P(c1ccccc1)c1ccccc1. The Bertz CT molecular complexity index is 1180. The van der Waals surface area contributed by atoms with Crippen molar-refractivity contribution in [2.75, 3.05) is 12.0 Å². The molecule has 3 aromatic carbocycles. The Morgan fingerprint density at radius 2 is 1.31 bits per heavy atom. The Kier molecular flexibility index (Phi) is 6.51. The van der Waals surface area contributed by atoms with E-state index >= 15 is 0 Å². The van der Waals surface area contributed by atoms with Crippen LogP contribution in [-0.4, -0.2) is 24.9 Å². The zero-order valence-corrected chi connectivity index (χ0v) is 19.6. The maximum absolute atomic E-state index is 12.7. The molecule has 0 aromatic heterocycles. The molecule has 32 heavy (non-hydrogen) atoms. The molecule has 0 fully saturated rings. The Hall–Kier alpha value is -2.86. The predicted molar refractivity (Wildman–Crippen MR) is 134 cm³/mol. The summed E-state index contributed by atoms with van der Waals surface area (Å²) >= 11 is 8.24. The van der Waals surface area contributed by atoms with Crippen LogP contribution in [0, 0.1) is 0 Å². The summed E-state index contributed by atoms with van der Waals surface area (Å²) in [6.07, 6.45) is 0. The number of ether oxygens (including phenoxy) is 1. The topological polar surface area (TPSA) is 63.7 Å². The zero-order chi connectivity index (χ0) is 22.8. The maximum Gasteiger partial charge on any atom is 0.338 e. The van der Waals surface area contributed by atoms with E-state index in [1.165, 1.54) is 7.11 Å². The average Bonchev–Trinajstić information content (AvgIpc) is 3.02. The number of rotatable bonds is 5. The number of amides is 2. The molecular formula is C24H18NO4PS2. The minimum atomic E-state index is -1.19. The molecule has 1 heterocycles. The largest absolute Gasteiger partial charge is 0.465 e. The van der Waals surface area contributed by atoms with Crippen LogP contribution in [0.15, 0.2) is 88.7 Å². The van der Waals surface area contributed by atoms with Gasteiger partial charge in [0, 0.05) is 5.30 Å². The number of methoxy groups -OCH3 is 1. The minimum absolute atomic E-state index is 0.00897. The highest BCUT2D eigenvalue weighted by Crippen LogP contribution is 2.37. The number of hydrogen-bond acceptors (Lipinski definition) is 6. The second-order valence-electron chi connectivity index (χ2n) is 6.84. The fourth-order valence-electron chi connectivity index (χ4n) is 3.45. The van der Waals surface area contributed by atoms with Gasteiger partial charge in [-0.05, 0) is 36.7 Å². The van der Waals surface area contributed by atoms with Crippen LogP contribution in [0.4, 0.5) is 5.69 Å². The Balaban J connectivity index is 1.94. The average molecular weight is 480 g/mol. The van der Waals surface area contributed by atoms with E-state index < -0.39 is 25.7 Å². The van der Waals surface area contributed by atoms with Gasteiger partial charge in [0.25, 0.3) is 11.8 Å². The van der Waals surface area contributed by atoms with Crippen molar-refractivity contribution in [2.24, 2.45) is 0 Å². The highest BCUT2D eigenvalue weighted by atomic mass is 32.1. The first-order valence-electron chi connectivity index (χ1n) is 9.57. The predicted octanol–water partition coefficient (Wildman–Crippen LogP) is 3.18. The van der Waals surface area contributed by atoms with Gasteiger partial charge in [0.1, 0.15) is 0 Å². The van der Waals surface area contributed by atoms with Crippen LogP contribution in [0.2, 0.25) is 0 Å². The molecule has 0 N–H and O–H groups in total. The van der Waals surface area contributed by atoms with Gasteiger partial charge < -0.3 is 4.74 Å². The molecule has 0 saturated carbocycles. The summed E-state index contributed by atoms with van der Waals surface area (Å²) in [7, 11) is 0.136. The summed E-state index contributed by atoms with van der Waals surface area (Å²) in [5, 5.41) is 2.70. The van der Waals surface area contributed by atoms with Crippen molar-refractivity contribution in [1.29, 1.82) is 0 Å². The van der Waals surface area contributed by atoms with Crippen molar-refractivity contribution in [1.82, 2.24) is 0 Å². The van der Waals surface area contributed by atoms with Crippen molar-refractivity contribution in [3.63, 3.8) is 0 Å². The fourth-order valence-corrected chi connectivity index (χ4v) is 6.30. The number of imide groups is 1. The summed E-state index contributed by atoms with van der Waals surface area (Å²) in [5.41, 5.74) is 0.719. The molecule has 0 bridgehead atoms. The Labute approximate surface area is 197 Å². The highest BCUT2D eigenvalue weighted by Gasteiger charge is 2.37. The molecule has 4 rings (SSSR count). The lowest BCUT2D eigenvalue weighted by atomic mass is 10.2. The van der Waals surface area contributed by atoms with E-state index in [-0.39, 0.29) is 9.81 Å². The van der Waals surface area contributed by atoms with Crippen LogP contribution < -0.4 is 20.8 Å². The van der Waals surface area contributed by atoms with E-state index in [0.29, 0.717) is 16.6 Å². The second kappa shape index (κ2) is 9.33. The molecule has 0 unspecified atom stereocenters. The normalized spacial score (nSPS) is 13.8. The maximum atomic E-state index is 12.7. The number of benzene rings is 3. The van der Waals surface area contributed by atoms with Gasteiger partial charge in [-0.15, -0.1) is 25.3 Å². The number of thiol groups is 2. The van der Waals surface area contributed by atoms with Crippen LogP contribution >= 0.6 is 33.2 Å². The molecule has 1 aliphatic heterocycles. The molecule has 160 valence electrons. The summed E-state index contributed by atoms with van der Waals surface area (Å²) in [6, 6.07) is 24.5. The number of carbonyl (C=O) groups is 3. The van der Waals surface area contributed by atoms with Crippen molar-refractivity contribution in [3.8, 4) is 0 Å². The lowest BCUT2D eigenvalue weighted by molar-refractivity contribution is -0.120. The monoisotopic (exact) mass is 479 g/mol. The van der Waals surface area contributed by atoms with E-state index in [1.54, 1.807) is 18.2 Å². The van der Waals surface area contributed by atoms with Crippen molar-refractivity contribution in [3.05, 3.63) is 94.2 Å². The molecule has 3 aromatic rings. The van der Waals surface area contributed by atoms with Gasteiger partial charge in [0.2, 0.25) is 0 Å². The summed E-state index contributed by atoms with van der Waals surface area (Å²) < 4.78 is 5.03. The van der Waals surface area contributed by atoms with Crippen molar-refractivity contribution >= 4 is 72.6 Å². The van der Waals surface area contributed by atoms with Crippen LogP contribution in [0.1, 0.15) is 10.4 Å². The molecule has 0 aliphatic carbocycles. The van der Waals surface area contributed by atoms with E-state index in [0.717, 1.165) is 15.5 Å². The smallest absolute Gasteiger partial charge is 0.338 e. The third kappa shape index (κ3) is 3.99. The molecule has 0 saturated heterocycles. The highest BCUT2D eigenvalue weighted by molar-refractivity contribution is 7.90. The first-order chi connectivity index (χ1) is 15.4. The summed E-state index contributed by atoms with van der Waals surface area (Å²) in [5.74, 6) is -1.60. The number of esters is 1. The molecule has 0 radical (unpaired) electrons. The summed E-state index contributed by atoms with van der Waals surface area (Å²) in [6.45, 7) is 0. The molecule has 0 atom stereocenters. The van der Waals surface area contributed by atoms with Gasteiger partial charge in [0.15, 0.2) is 0 Å². The third-order valence-electron chi connectivity index (χ3n) is 4.95. The van der Waals surface area contributed by atoms with Gasteiger partial charge in [0.05, 0.1) is 28.2 Å². The minimum Gasteiger partial charge on any atom is -0.465 e. The van der Waals surface area contributed by atoms with Gasteiger partial charge in [-0.2, -0.15) is 0 Å². The molecule has 8 heteroatoms. The number of hydrogen-bond donors (Lipinski definition) is 2. The standard InChI is InChI=1S/C24H18NO4PS2/c1-29-24(28)18-13-12-15(25-22(26)20(31)21(32)23(25)27)14-19(18)30(16-8-4-2-5-9-16)17-10-6-3-7-11-17/h2-14,31-32H,1H3. The van der Waals surface area contributed by atoms with E-state index in [4.69, 9.17) is 4.74 Å². The lowest BCUT2D eigenvalue weighted by Crippen LogP contribution is -2.33. The van der Waals surface area contributed by atoms with Crippen molar-refractivity contribution < 1.29 is 19.1 Å². The third-order valence-corrected chi connectivity index (χ3v) is 8.44. The molecule has 5 nitrogen and oxygen atoms in total. The number of anilines is 1. The number of nitrogens with zero attached hydrogens (tertiary/aromatic N) is 1. The van der Waals surface area contributed by atoms with E-state index in [2.05, 4.69) is 25.3 Å². The van der Waals surface area contributed by atoms with Crippen LogP contribution in [0.5, 0.6) is 0 Å². The van der Waals surface area contributed by atoms with Crippen LogP contribution in [-0.2, 0) is 14.3 Å². The molecular weight excluding hydrogens is 461 g/mol. The second-order valence-corrected chi connectivity index (χ2v) is 9.92. The fraction of sp³-hybridized carbons (Fsp3) is 0.0417. The van der Waals surface area contributed by atoms with Crippen molar-refractivity contribution in [2.45, 2.75) is 0 Å². The molecule has 1 aliphatic rings. The first-order valence-corrected chi connectivity index (χ1v) is 11.8. The zero-order valence-electron chi connectivity index (χ0n) is 16.9. The van der Waals surface area contributed by atoms with Crippen LogP contribution in [0.25, 0.3) is 0 Å². The van der Waals surface area contributed by atoms with Gasteiger partial charge in [-0.1, -0.05) is 60.7 Å². The van der Waals surface area contributed by atoms with Gasteiger partial charge in [-0.25, -0.2) is 9.69 Å². The number of carbonyl (C=O) groups excluding carboxylic acids is 3. The van der Waals surface area contributed by atoms with Gasteiger partial charge in [-0.3, -0.25) is 9.59 Å². The van der Waals surface area contributed by atoms with E-state index in [1.807, 2.05) is 60.7 Å². The van der Waals surface area contributed by atoms with Gasteiger partial charge >= 0.3 is 5.97 Å². The summed E-state index contributed by atoms with van der Waals surface area (Å²) in [4.78, 5) is 39.0. The quantitative estimate of drug-likeness (QED) is 0.255. The molecule has 0 spiro atoms. The first kappa shape index (κ1) is 22.3. The van der Waals surface area contributed by atoms with E-state index in [9.17, 15) is 14.4 Å². The lowest BCUT2D eigenvalue weighted by Gasteiger charge is -2.24. The Morgan fingerprint density at radius 1 is 0.812 bits per heavy atom. The molecule has 2 amide bonds. The Morgan fingerprint density at radius 3 is 1.78 bits per heavy atom. The van der Waals surface area contributed by atoms with Crippen LogP contribution in [0.3, 0.4) is 0 Å².